The Balaban J connectivity index is 2.46. The first-order valence-corrected chi connectivity index (χ1v) is 5.81. The molecule has 0 aromatic carbocycles. The van der Waals surface area contributed by atoms with Crippen molar-refractivity contribution in [3.8, 4) is 0 Å². The van der Waals surface area contributed by atoms with E-state index in [2.05, 4.69) is 0 Å². The summed E-state index contributed by atoms with van der Waals surface area (Å²) >= 11 is 1.46. The molecule has 0 aliphatic heterocycles. The molecule has 0 bridgehead atoms. The molecule has 1 aromatic rings. The monoisotopic (exact) mass is 261 g/mol. The van der Waals surface area contributed by atoms with Crippen molar-refractivity contribution in [2.24, 2.45) is 0 Å². The maximum atomic E-state index is 12.6. The number of carbonyl (C=O) groups is 1. The number of amides is 1. The highest BCUT2D eigenvalue weighted by atomic mass is 32.1. The van der Waals surface area contributed by atoms with Crippen molar-refractivity contribution in [3.63, 3.8) is 0 Å². The minimum absolute atomic E-state index is 0.606. The van der Waals surface area contributed by atoms with Crippen molar-refractivity contribution in [3.05, 3.63) is 28.0 Å². The molecule has 94 valence electrons. The van der Waals surface area contributed by atoms with E-state index in [1.165, 1.54) is 17.4 Å². The number of aryl methyl sites for hydroxylation is 1. The van der Waals surface area contributed by atoms with Gasteiger partial charge in [0.05, 0.1) is 6.54 Å². The van der Waals surface area contributed by atoms with Gasteiger partial charge < -0.3 is 10.4 Å². The molecular formula is C11H13F2NO2S. The fourth-order valence-electron chi connectivity index (χ4n) is 1.04. The summed E-state index contributed by atoms with van der Waals surface area (Å²) in [5.41, 5.74) is 1.03. The van der Waals surface area contributed by atoms with Crippen LogP contribution in [-0.2, 0) is 4.79 Å². The van der Waals surface area contributed by atoms with Crippen LogP contribution in [0.15, 0.2) is 17.5 Å². The lowest BCUT2D eigenvalue weighted by molar-refractivity contribution is -0.119. The Bertz CT molecular complexity index is 415. The Morgan fingerprint density at radius 3 is 2.88 bits per heavy atom. The Morgan fingerprint density at radius 1 is 1.65 bits per heavy atom. The summed E-state index contributed by atoms with van der Waals surface area (Å²) in [6.45, 7) is -0.245. The van der Waals surface area contributed by atoms with Gasteiger partial charge in [0, 0.05) is 11.0 Å². The Morgan fingerprint density at radius 2 is 2.35 bits per heavy atom. The molecule has 0 aliphatic rings. The van der Waals surface area contributed by atoms with E-state index >= 15 is 0 Å². The standard InChI is InChI=1S/C11H13F2NO2S/c1-8-4-5-17-9(8)2-3-10(16)14-6-11(12,13)7-15/h2-5,15H,6-7H2,1H3,(H,14,16)/b3-2+. The number of hydrogen-bond donors (Lipinski definition) is 2. The number of carbonyl (C=O) groups excluding carboxylic acids is 1. The van der Waals surface area contributed by atoms with Crippen LogP contribution in [0.5, 0.6) is 0 Å². The number of thiophene rings is 1. The predicted octanol–water partition coefficient (Wildman–Crippen LogP) is 1.81. The van der Waals surface area contributed by atoms with Crippen LogP contribution in [0.2, 0.25) is 0 Å². The van der Waals surface area contributed by atoms with Crippen LogP contribution in [-0.4, -0.2) is 30.1 Å². The number of nitrogens with one attached hydrogen (secondary N) is 1. The first kappa shape index (κ1) is 13.8. The van der Waals surface area contributed by atoms with Crippen molar-refractivity contribution in [1.29, 1.82) is 0 Å². The molecule has 0 saturated heterocycles. The second-order valence-corrected chi connectivity index (χ2v) is 4.48. The summed E-state index contributed by atoms with van der Waals surface area (Å²) in [6.07, 6.45) is 2.78. The average molecular weight is 261 g/mol. The minimum atomic E-state index is -3.28. The molecule has 0 spiro atoms. The number of alkyl halides is 2. The summed E-state index contributed by atoms with van der Waals surface area (Å²) in [5.74, 6) is -3.88. The van der Waals surface area contributed by atoms with E-state index in [9.17, 15) is 13.6 Å². The van der Waals surface area contributed by atoms with Gasteiger partial charge in [-0.3, -0.25) is 4.79 Å². The third kappa shape index (κ3) is 4.62. The van der Waals surface area contributed by atoms with Gasteiger partial charge in [0.1, 0.15) is 6.61 Å². The molecule has 17 heavy (non-hydrogen) atoms. The molecule has 0 saturated carbocycles. The summed E-state index contributed by atoms with van der Waals surface area (Å²) in [6, 6.07) is 1.90. The number of aliphatic hydroxyl groups excluding tert-OH is 1. The van der Waals surface area contributed by atoms with Crippen molar-refractivity contribution >= 4 is 23.3 Å². The van der Waals surface area contributed by atoms with Gasteiger partial charge in [0.25, 0.3) is 5.92 Å². The van der Waals surface area contributed by atoms with E-state index in [0.29, 0.717) is 0 Å². The van der Waals surface area contributed by atoms with Gasteiger partial charge in [-0.25, -0.2) is 8.78 Å². The van der Waals surface area contributed by atoms with Crippen LogP contribution in [0, 0.1) is 6.92 Å². The van der Waals surface area contributed by atoms with Gasteiger partial charge in [0.15, 0.2) is 0 Å². The second-order valence-electron chi connectivity index (χ2n) is 3.53. The molecular weight excluding hydrogens is 248 g/mol. The van der Waals surface area contributed by atoms with E-state index in [4.69, 9.17) is 5.11 Å². The number of aliphatic hydroxyl groups is 1. The van der Waals surface area contributed by atoms with E-state index in [0.717, 1.165) is 10.4 Å². The van der Waals surface area contributed by atoms with E-state index in [1.54, 1.807) is 6.08 Å². The molecule has 1 aromatic heterocycles. The van der Waals surface area contributed by atoms with Crippen LogP contribution in [0.4, 0.5) is 8.78 Å². The highest BCUT2D eigenvalue weighted by molar-refractivity contribution is 7.11. The molecule has 2 N–H and O–H groups in total. The largest absolute Gasteiger partial charge is 0.390 e. The van der Waals surface area contributed by atoms with Gasteiger partial charge in [-0.05, 0) is 30.0 Å². The van der Waals surface area contributed by atoms with Crippen LogP contribution in [0.3, 0.4) is 0 Å². The van der Waals surface area contributed by atoms with E-state index in [1.807, 2.05) is 23.7 Å². The fraction of sp³-hybridized carbons (Fsp3) is 0.364. The molecule has 0 aliphatic carbocycles. The van der Waals surface area contributed by atoms with E-state index < -0.39 is 25.0 Å². The first-order valence-electron chi connectivity index (χ1n) is 4.93. The maximum absolute atomic E-state index is 12.6. The Kier molecular flexibility index (Phi) is 4.77. The van der Waals surface area contributed by atoms with Crippen molar-refractivity contribution in [1.82, 2.24) is 5.32 Å². The molecule has 1 rings (SSSR count). The molecule has 1 heterocycles. The molecule has 1 amide bonds. The molecule has 0 atom stereocenters. The number of rotatable bonds is 5. The summed E-state index contributed by atoms with van der Waals surface area (Å²) in [5, 5.41) is 12.2. The first-order chi connectivity index (χ1) is 7.94. The lowest BCUT2D eigenvalue weighted by Crippen LogP contribution is -2.38. The Labute approximate surface area is 102 Å². The highest BCUT2D eigenvalue weighted by Gasteiger charge is 2.27. The topological polar surface area (TPSA) is 49.3 Å². The lowest BCUT2D eigenvalue weighted by atomic mass is 10.3. The second kappa shape index (κ2) is 5.88. The highest BCUT2D eigenvalue weighted by Crippen LogP contribution is 2.16. The van der Waals surface area contributed by atoms with Gasteiger partial charge in [-0.2, -0.15) is 0 Å². The van der Waals surface area contributed by atoms with Gasteiger partial charge in [-0.15, -0.1) is 11.3 Å². The van der Waals surface area contributed by atoms with Crippen molar-refractivity contribution < 1.29 is 18.7 Å². The summed E-state index contributed by atoms with van der Waals surface area (Å²) in [7, 11) is 0. The van der Waals surface area contributed by atoms with Crippen molar-refractivity contribution in [2.45, 2.75) is 12.8 Å². The molecule has 6 heteroatoms. The van der Waals surface area contributed by atoms with Gasteiger partial charge in [-0.1, -0.05) is 0 Å². The summed E-state index contributed by atoms with van der Waals surface area (Å²) in [4.78, 5) is 12.1. The third-order valence-electron chi connectivity index (χ3n) is 2.04. The lowest BCUT2D eigenvalue weighted by Gasteiger charge is -2.12. The zero-order valence-electron chi connectivity index (χ0n) is 9.24. The van der Waals surface area contributed by atoms with Crippen LogP contribution < -0.4 is 5.32 Å². The average Bonchev–Trinajstić information content (AvgIpc) is 2.70. The van der Waals surface area contributed by atoms with Crippen LogP contribution in [0.25, 0.3) is 6.08 Å². The molecule has 0 fully saturated rings. The number of halogens is 2. The normalized spacial score (nSPS) is 12.0. The third-order valence-corrected chi connectivity index (χ3v) is 3.02. The SMILES string of the molecule is Cc1ccsc1/C=C/C(=O)NCC(F)(F)CO. The Hall–Kier alpha value is -1.27. The molecule has 0 radical (unpaired) electrons. The number of hydrogen-bond acceptors (Lipinski definition) is 3. The zero-order chi connectivity index (χ0) is 12.9. The minimum Gasteiger partial charge on any atom is -0.390 e. The summed E-state index contributed by atoms with van der Waals surface area (Å²) < 4.78 is 25.2. The van der Waals surface area contributed by atoms with Crippen LogP contribution in [0.1, 0.15) is 10.4 Å². The molecule has 0 unspecified atom stereocenters. The quantitative estimate of drug-likeness (QED) is 0.794. The molecule has 3 nitrogen and oxygen atoms in total. The van der Waals surface area contributed by atoms with Gasteiger partial charge >= 0.3 is 0 Å². The zero-order valence-corrected chi connectivity index (χ0v) is 10.1. The van der Waals surface area contributed by atoms with Crippen molar-refractivity contribution in [2.75, 3.05) is 13.2 Å². The fourth-order valence-corrected chi connectivity index (χ4v) is 1.86. The van der Waals surface area contributed by atoms with Gasteiger partial charge in [0.2, 0.25) is 5.91 Å². The maximum Gasteiger partial charge on any atom is 0.287 e. The predicted molar refractivity (Wildman–Crippen MR) is 63.1 cm³/mol. The van der Waals surface area contributed by atoms with E-state index in [-0.39, 0.29) is 0 Å². The smallest absolute Gasteiger partial charge is 0.287 e. The van der Waals surface area contributed by atoms with Crippen LogP contribution >= 0.6 is 11.3 Å².